The van der Waals surface area contributed by atoms with E-state index in [0.29, 0.717) is 0 Å². The topological polar surface area (TPSA) is 143 Å². The molecule has 0 unspecified atom stereocenters. The van der Waals surface area contributed by atoms with Crippen molar-refractivity contribution < 1.29 is 36.6 Å². The van der Waals surface area contributed by atoms with E-state index < -0.39 is 45.4 Å². The highest BCUT2D eigenvalue weighted by atomic mass is 32.2. The van der Waals surface area contributed by atoms with Gasteiger partial charge in [-0.3, -0.25) is 9.59 Å². The van der Waals surface area contributed by atoms with Gasteiger partial charge in [-0.05, 0) is 25.7 Å². The van der Waals surface area contributed by atoms with Crippen molar-refractivity contribution in [2.75, 3.05) is 0 Å². The maximum absolute atomic E-state index is 10.7. The largest absolute Gasteiger partial charge is 0.481 e. The maximum Gasteiger partial charge on any atom is 0.308 e. The van der Waals surface area contributed by atoms with Crippen LogP contribution in [0.25, 0.3) is 0 Å². The second-order valence-corrected chi connectivity index (χ2v) is 5.99. The van der Waals surface area contributed by atoms with Crippen molar-refractivity contribution in [3.8, 4) is 0 Å². The number of hydrogen-bond donors (Lipinski definition) is 2. The van der Waals surface area contributed by atoms with Crippen LogP contribution in [0.3, 0.4) is 0 Å². The van der Waals surface area contributed by atoms with E-state index in [1.807, 2.05) is 0 Å². The van der Waals surface area contributed by atoms with E-state index in [9.17, 15) is 26.4 Å². The number of hydrogen-bond acceptors (Lipinski definition) is 6. The summed E-state index contributed by atoms with van der Waals surface area (Å²) in [6.45, 7) is 0. The first-order valence-electron chi connectivity index (χ1n) is 5.55. The van der Waals surface area contributed by atoms with Crippen molar-refractivity contribution in [3.05, 3.63) is 0 Å². The number of carboxylic acids is 2. The molecule has 0 atom stereocenters. The van der Waals surface area contributed by atoms with E-state index in [4.69, 9.17) is 10.2 Å². The number of unbranched alkanes of at least 4 members (excludes halogenated alkanes) is 1. The molecule has 0 fully saturated rings. The monoisotopic (exact) mass is 326 g/mol. The third kappa shape index (κ3) is 8.43. The number of carboxylic acid groups (broad SMARTS) is 2. The molecule has 0 amide bonds. The van der Waals surface area contributed by atoms with Crippen LogP contribution in [-0.4, -0.2) is 48.7 Å². The molecule has 0 aliphatic carbocycles. The molecule has 2 N–H and O–H groups in total. The Balaban J connectivity index is 4.45. The standard InChI is InChI=1S/C10H14O8S2/c11-9(12)5-7(19(15)16)3-1-2-4-8(20(17)18)6-10(13)14/h1-6H2,(H,11,12)(H,13,14). The molecule has 0 saturated carbocycles. The minimum Gasteiger partial charge on any atom is -0.481 e. The molecular weight excluding hydrogens is 312 g/mol. The normalized spacial score (nSPS) is 9.80. The van der Waals surface area contributed by atoms with Gasteiger partial charge in [0.2, 0.25) is 20.6 Å². The summed E-state index contributed by atoms with van der Waals surface area (Å²) in [5.74, 6) is -2.52. The molecule has 8 nitrogen and oxygen atoms in total. The first-order valence-corrected chi connectivity index (χ1v) is 7.70. The highest BCUT2D eigenvalue weighted by molar-refractivity contribution is 7.73. The van der Waals surface area contributed by atoms with Crippen molar-refractivity contribution in [3.63, 3.8) is 0 Å². The van der Waals surface area contributed by atoms with Crippen molar-refractivity contribution in [2.45, 2.75) is 38.5 Å². The Kier molecular flexibility index (Phi) is 8.48. The van der Waals surface area contributed by atoms with Gasteiger partial charge in [-0.1, -0.05) is 0 Å². The fraction of sp³-hybridized carbons (Fsp3) is 0.600. The van der Waals surface area contributed by atoms with Crippen LogP contribution in [0.5, 0.6) is 0 Å². The van der Waals surface area contributed by atoms with E-state index in [1.54, 1.807) is 0 Å². The molecular formula is C10H14O8S2. The highest BCUT2D eigenvalue weighted by Crippen LogP contribution is 2.06. The van der Waals surface area contributed by atoms with E-state index in [1.165, 1.54) is 0 Å². The van der Waals surface area contributed by atoms with E-state index >= 15 is 0 Å². The SMILES string of the molecule is O=C(O)CC(CCCCC(CC(=O)O)=S(=O)=O)=S(=O)=O. The number of rotatable bonds is 9. The average molecular weight is 326 g/mol. The quantitative estimate of drug-likeness (QED) is 0.430. The smallest absolute Gasteiger partial charge is 0.308 e. The van der Waals surface area contributed by atoms with Gasteiger partial charge in [0.25, 0.3) is 0 Å². The van der Waals surface area contributed by atoms with Crippen molar-refractivity contribution in [1.29, 1.82) is 0 Å². The molecule has 10 heteroatoms. The Morgan fingerprint density at radius 2 is 1.00 bits per heavy atom. The van der Waals surface area contributed by atoms with Crippen LogP contribution in [0.4, 0.5) is 0 Å². The lowest BCUT2D eigenvalue weighted by molar-refractivity contribution is -0.136. The summed E-state index contributed by atoms with van der Waals surface area (Å²) in [6.07, 6.45) is -0.638. The molecule has 20 heavy (non-hydrogen) atoms. The Morgan fingerprint density at radius 3 is 1.20 bits per heavy atom. The summed E-state index contributed by atoms with van der Waals surface area (Å²) in [7, 11) is -5.19. The molecule has 0 aromatic carbocycles. The van der Waals surface area contributed by atoms with Gasteiger partial charge in [0.15, 0.2) is 0 Å². The minimum absolute atomic E-state index is 0.00819. The predicted molar refractivity (Wildman–Crippen MR) is 70.8 cm³/mol. The van der Waals surface area contributed by atoms with Gasteiger partial charge >= 0.3 is 11.9 Å². The summed E-state index contributed by atoms with van der Waals surface area (Å²) >= 11 is 0. The lowest BCUT2D eigenvalue weighted by Crippen LogP contribution is -2.10. The average Bonchev–Trinajstić information content (AvgIpc) is 2.29. The predicted octanol–water partition coefficient (Wildman–Crippen LogP) is -0.401. The second-order valence-electron chi connectivity index (χ2n) is 3.89. The molecule has 0 spiro atoms. The summed E-state index contributed by atoms with van der Waals surface area (Å²) in [5.41, 5.74) is 0. The summed E-state index contributed by atoms with van der Waals surface area (Å²) in [6, 6.07) is 0. The minimum atomic E-state index is -2.59. The third-order valence-corrected chi connectivity index (χ3v) is 3.97. The van der Waals surface area contributed by atoms with Crippen molar-refractivity contribution in [1.82, 2.24) is 0 Å². The summed E-state index contributed by atoms with van der Waals surface area (Å²) in [4.78, 5) is 20.5. The Labute approximate surface area is 118 Å². The summed E-state index contributed by atoms with van der Waals surface area (Å²) < 4.78 is 42.9. The number of carbonyl (C=O) groups is 2. The van der Waals surface area contributed by atoms with E-state index in [0.717, 1.165) is 0 Å². The van der Waals surface area contributed by atoms with Gasteiger partial charge in [0, 0.05) is 0 Å². The van der Waals surface area contributed by atoms with Crippen molar-refractivity contribution >= 4 is 42.3 Å². The lowest BCUT2D eigenvalue weighted by Gasteiger charge is -2.01. The van der Waals surface area contributed by atoms with Gasteiger partial charge in [-0.2, -0.15) is 16.8 Å². The molecule has 0 heterocycles. The van der Waals surface area contributed by atoms with E-state index in [-0.39, 0.29) is 35.4 Å². The first kappa shape index (κ1) is 18.3. The molecule has 114 valence electrons. The van der Waals surface area contributed by atoms with Crippen LogP contribution in [0.2, 0.25) is 0 Å². The molecule has 0 aliphatic rings. The van der Waals surface area contributed by atoms with Crippen LogP contribution in [0, 0.1) is 0 Å². The Morgan fingerprint density at radius 1 is 0.700 bits per heavy atom. The first-order chi connectivity index (χ1) is 9.23. The molecule has 0 bridgehead atoms. The van der Waals surface area contributed by atoms with Gasteiger partial charge in [0.05, 0.1) is 22.6 Å². The Bertz CT molecular complexity index is 565. The summed E-state index contributed by atoms with van der Waals surface area (Å²) in [5, 5.41) is 17.0. The van der Waals surface area contributed by atoms with Gasteiger partial charge in [-0.25, -0.2) is 0 Å². The highest BCUT2D eigenvalue weighted by Gasteiger charge is 2.10. The number of aliphatic carboxylic acids is 2. The van der Waals surface area contributed by atoms with Crippen molar-refractivity contribution in [2.24, 2.45) is 0 Å². The zero-order valence-corrected chi connectivity index (χ0v) is 12.0. The molecule has 0 aliphatic heterocycles. The van der Waals surface area contributed by atoms with Gasteiger partial charge < -0.3 is 10.2 Å². The third-order valence-electron chi connectivity index (χ3n) is 2.33. The fourth-order valence-electron chi connectivity index (χ4n) is 1.44. The molecule has 0 saturated heterocycles. The molecule has 0 aromatic heterocycles. The van der Waals surface area contributed by atoms with Crippen LogP contribution in [-0.2, 0) is 30.2 Å². The van der Waals surface area contributed by atoms with Gasteiger partial charge in [-0.15, -0.1) is 0 Å². The van der Waals surface area contributed by atoms with Crippen LogP contribution < -0.4 is 0 Å². The van der Waals surface area contributed by atoms with Gasteiger partial charge in [0.1, 0.15) is 0 Å². The zero-order valence-electron chi connectivity index (χ0n) is 10.4. The zero-order chi connectivity index (χ0) is 15.7. The molecule has 0 rings (SSSR count). The molecule has 0 radical (unpaired) electrons. The Hall–Kier alpha value is -1.68. The van der Waals surface area contributed by atoms with E-state index in [2.05, 4.69) is 0 Å². The van der Waals surface area contributed by atoms with Crippen LogP contribution in [0.15, 0.2) is 0 Å². The maximum atomic E-state index is 10.7. The molecule has 0 aromatic rings. The second kappa shape index (κ2) is 9.26. The fourth-order valence-corrected chi connectivity index (χ4v) is 2.55. The van der Waals surface area contributed by atoms with Crippen LogP contribution in [0.1, 0.15) is 38.5 Å². The van der Waals surface area contributed by atoms with Crippen LogP contribution >= 0.6 is 0 Å². The lowest BCUT2D eigenvalue weighted by atomic mass is 10.1.